The number of carbonyl (C=O) groups is 1. The van der Waals surface area contributed by atoms with Gasteiger partial charge in [-0.2, -0.15) is 0 Å². The molecule has 112 valence electrons. The third kappa shape index (κ3) is 6.78. The Kier molecular flexibility index (Phi) is 7.41. The van der Waals surface area contributed by atoms with Gasteiger partial charge in [0.25, 0.3) is 0 Å². The first kappa shape index (κ1) is 16.8. The zero-order chi connectivity index (χ0) is 15.0. The molecule has 0 aromatic heterocycles. The molecule has 2 atom stereocenters. The molecule has 0 unspecified atom stereocenters. The first-order valence-electron chi connectivity index (χ1n) is 6.78. The maximum absolute atomic E-state index is 11.5. The van der Waals surface area contributed by atoms with Gasteiger partial charge in [0.2, 0.25) is 0 Å². The van der Waals surface area contributed by atoms with Gasteiger partial charge in [-0.25, -0.2) is 4.79 Å². The first-order valence-corrected chi connectivity index (χ1v) is 7.22. The average molecular weight is 300 g/mol. The Morgan fingerprint density at radius 3 is 2.55 bits per heavy atom. The molecule has 1 rings (SSSR count). The van der Waals surface area contributed by atoms with Crippen molar-refractivity contribution in [3.63, 3.8) is 0 Å². The molecule has 0 heterocycles. The molecule has 0 saturated carbocycles. The van der Waals surface area contributed by atoms with Crippen molar-refractivity contribution in [1.82, 2.24) is 5.32 Å². The van der Waals surface area contributed by atoms with E-state index in [2.05, 4.69) is 19.2 Å². The Balaban J connectivity index is 2.27. The topological polar surface area (TPSA) is 58.6 Å². The van der Waals surface area contributed by atoms with Crippen molar-refractivity contribution >= 4 is 17.7 Å². The van der Waals surface area contributed by atoms with Crippen LogP contribution in [-0.4, -0.2) is 22.8 Å². The monoisotopic (exact) mass is 299 g/mol. The lowest BCUT2D eigenvalue weighted by molar-refractivity contribution is 0.113. The summed E-state index contributed by atoms with van der Waals surface area (Å²) < 4.78 is 5.03. The number of alkyl carbamates (subject to hydrolysis) is 1. The summed E-state index contributed by atoms with van der Waals surface area (Å²) >= 11 is 5.93. The van der Waals surface area contributed by atoms with E-state index in [4.69, 9.17) is 16.3 Å². The minimum Gasteiger partial charge on any atom is -0.445 e. The molecule has 0 bridgehead atoms. The molecule has 1 aromatic carbocycles. The van der Waals surface area contributed by atoms with Crippen LogP contribution in [0.25, 0.3) is 0 Å². The van der Waals surface area contributed by atoms with Gasteiger partial charge in [-0.05, 0) is 24.3 Å². The third-order valence-corrected chi connectivity index (χ3v) is 3.25. The van der Waals surface area contributed by atoms with Gasteiger partial charge in [0.1, 0.15) is 12.1 Å². The highest BCUT2D eigenvalue weighted by Gasteiger charge is 2.19. The van der Waals surface area contributed by atoms with Crippen LogP contribution in [0.5, 0.6) is 0 Å². The number of rotatable bonds is 7. The second-order valence-electron chi connectivity index (χ2n) is 5.15. The van der Waals surface area contributed by atoms with Crippen LogP contribution in [0.15, 0.2) is 30.3 Å². The van der Waals surface area contributed by atoms with E-state index < -0.39 is 17.7 Å². The number of aliphatic hydroxyl groups excluding tert-OH is 1. The SMILES string of the molecule is CC(C)CC[C@H](O)[C@H](Cl)NC(=O)OCc1ccccc1. The van der Waals surface area contributed by atoms with E-state index in [0.717, 1.165) is 12.0 Å². The normalized spacial score (nSPS) is 13.8. The fourth-order valence-corrected chi connectivity index (χ4v) is 1.84. The summed E-state index contributed by atoms with van der Waals surface area (Å²) in [6, 6.07) is 9.36. The average Bonchev–Trinajstić information content (AvgIpc) is 2.43. The van der Waals surface area contributed by atoms with E-state index in [1.54, 1.807) is 0 Å². The molecule has 0 aliphatic rings. The molecular formula is C15H22ClNO3. The quantitative estimate of drug-likeness (QED) is 0.600. The molecule has 0 aliphatic carbocycles. The molecule has 4 nitrogen and oxygen atoms in total. The van der Waals surface area contributed by atoms with Crippen LogP contribution in [-0.2, 0) is 11.3 Å². The Labute approximate surface area is 125 Å². The maximum atomic E-state index is 11.5. The predicted molar refractivity (Wildman–Crippen MR) is 79.5 cm³/mol. The Hall–Kier alpha value is -1.26. The van der Waals surface area contributed by atoms with E-state index >= 15 is 0 Å². The number of hydrogen-bond donors (Lipinski definition) is 2. The highest BCUT2D eigenvalue weighted by Crippen LogP contribution is 2.12. The molecule has 1 aromatic rings. The lowest BCUT2D eigenvalue weighted by atomic mass is 10.1. The number of alkyl halides is 1. The number of hydrogen-bond acceptors (Lipinski definition) is 3. The van der Waals surface area contributed by atoms with Crippen LogP contribution in [0.2, 0.25) is 0 Å². The molecule has 1 amide bonds. The Morgan fingerprint density at radius 1 is 1.30 bits per heavy atom. The predicted octanol–water partition coefficient (Wildman–Crippen LogP) is 3.27. The van der Waals surface area contributed by atoms with Crippen LogP contribution in [0, 0.1) is 5.92 Å². The summed E-state index contributed by atoms with van der Waals surface area (Å²) in [6.07, 6.45) is -0.00331. The number of nitrogens with one attached hydrogen (secondary N) is 1. The smallest absolute Gasteiger partial charge is 0.408 e. The first-order chi connectivity index (χ1) is 9.49. The fraction of sp³-hybridized carbons (Fsp3) is 0.533. The number of carbonyl (C=O) groups excluding carboxylic acids is 1. The van der Waals surface area contributed by atoms with Gasteiger partial charge < -0.3 is 15.2 Å². The Bertz CT molecular complexity index is 397. The Morgan fingerprint density at radius 2 is 1.95 bits per heavy atom. The van der Waals surface area contributed by atoms with Crippen molar-refractivity contribution in [1.29, 1.82) is 0 Å². The lowest BCUT2D eigenvalue weighted by Crippen LogP contribution is -2.39. The van der Waals surface area contributed by atoms with Crippen molar-refractivity contribution in [2.75, 3.05) is 0 Å². The van der Waals surface area contributed by atoms with E-state index in [1.165, 1.54) is 0 Å². The summed E-state index contributed by atoms with van der Waals surface area (Å²) in [6.45, 7) is 4.31. The molecule has 5 heteroatoms. The molecule has 2 N–H and O–H groups in total. The van der Waals surface area contributed by atoms with E-state index in [9.17, 15) is 9.90 Å². The van der Waals surface area contributed by atoms with Crippen LogP contribution in [0.3, 0.4) is 0 Å². The summed E-state index contributed by atoms with van der Waals surface area (Å²) in [5, 5.41) is 12.2. The summed E-state index contributed by atoms with van der Waals surface area (Å²) in [5.74, 6) is 0.485. The summed E-state index contributed by atoms with van der Waals surface area (Å²) in [5.41, 5.74) is 0.0613. The molecule has 0 spiro atoms. The van der Waals surface area contributed by atoms with Crippen LogP contribution in [0.1, 0.15) is 32.3 Å². The minimum atomic E-state index is -0.836. The zero-order valence-corrected chi connectivity index (χ0v) is 12.6. The third-order valence-electron chi connectivity index (χ3n) is 2.85. The fourth-order valence-electron chi connectivity index (χ4n) is 1.62. The number of benzene rings is 1. The van der Waals surface area contributed by atoms with Gasteiger partial charge in [-0.1, -0.05) is 55.8 Å². The van der Waals surface area contributed by atoms with Gasteiger partial charge in [-0.3, -0.25) is 0 Å². The molecule has 0 radical (unpaired) electrons. The van der Waals surface area contributed by atoms with E-state index in [0.29, 0.717) is 12.3 Å². The highest BCUT2D eigenvalue weighted by molar-refractivity contribution is 6.21. The second-order valence-corrected chi connectivity index (χ2v) is 5.62. The molecular weight excluding hydrogens is 278 g/mol. The van der Waals surface area contributed by atoms with Crippen LogP contribution in [0.4, 0.5) is 4.79 Å². The van der Waals surface area contributed by atoms with Crippen molar-refractivity contribution in [3.05, 3.63) is 35.9 Å². The van der Waals surface area contributed by atoms with E-state index in [1.807, 2.05) is 30.3 Å². The number of aliphatic hydroxyl groups is 1. The van der Waals surface area contributed by atoms with Gasteiger partial charge in [-0.15, -0.1) is 0 Å². The van der Waals surface area contributed by atoms with Gasteiger partial charge in [0.05, 0.1) is 6.10 Å². The zero-order valence-electron chi connectivity index (χ0n) is 11.9. The number of amides is 1. The van der Waals surface area contributed by atoms with Gasteiger partial charge >= 0.3 is 6.09 Å². The molecule has 0 fully saturated rings. The van der Waals surface area contributed by atoms with Crippen molar-refractivity contribution in [2.45, 2.75) is 44.9 Å². The highest BCUT2D eigenvalue weighted by atomic mass is 35.5. The maximum Gasteiger partial charge on any atom is 0.408 e. The van der Waals surface area contributed by atoms with Gasteiger partial charge in [0, 0.05) is 0 Å². The lowest BCUT2D eigenvalue weighted by Gasteiger charge is -2.19. The summed E-state index contributed by atoms with van der Waals surface area (Å²) in [7, 11) is 0. The van der Waals surface area contributed by atoms with Gasteiger partial charge in [0.15, 0.2) is 0 Å². The summed E-state index contributed by atoms with van der Waals surface area (Å²) in [4.78, 5) is 11.5. The van der Waals surface area contributed by atoms with Crippen LogP contribution >= 0.6 is 11.6 Å². The van der Waals surface area contributed by atoms with E-state index in [-0.39, 0.29) is 6.61 Å². The largest absolute Gasteiger partial charge is 0.445 e. The van der Waals surface area contributed by atoms with Crippen LogP contribution < -0.4 is 5.32 Å². The van der Waals surface area contributed by atoms with Crippen molar-refractivity contribution in [2.24, 2.45) is 5.92 Å². The number of halogens is 1. The minimum absolute atomic E-state index is 0.179. The molecule has 0 aliphatic heterocycles. The second kappa shape index (κ2) is 8.82. The molecule has 0 saturated heterocycles. The van der Waals surface area contributed by atoms with Crippen molar-refractivity contribution in [3.8, 4) is 0 Å². The van der Waals surface area contributed by atoms with Crippen molar-refractivity contribution < 1.29 is 14.6 Å². The standard InChI is InChI=1S/C15H22ClNO3/c1-11(2)8-9-13(18)14(16)17-15(19)20-10-12-6-4-3-5-7-12/h3-7,11,13-14,18H,8-10H2,1-2H3,(H,17,19)/t13-,14+/m0/s1. The number of ether oxygens (including phenoxy) is 1. The molecule has 20 heavy (non-hydrogen) atoms.